The Kier molecular flexibility index (Phi) is 7.19. The first-order valence-corrected chi connectivity index (χ1v) is 13.2. The molecule has 1 saturated heterocycles. The molecule has 0 radical (unpaired) electrons. The Labute approximate surface area is 237 Å². The number of para-hydroxylation sites is 1. The van der Waals surface area contributed by atoms with Crippen molar-refractivity contribution in [3.05, 3.63) is 133 Å². The van der Waals surface area contributed by atoms with Crippen LogP contribution in [-0.2, 0) is 4.79 Å². The minimum absolute atomic E-state index is 0.0783. The van der Waals surface area contributed by atoms with Crippen molar-refractivity contribution in [2.24, 2.45) is 0 Å². The first-order chi connectivity index (χ1) is 19.7. The van der Waals surface area contributed by atoms with Crippen LogP contribution in [0.25, 0.3) is 5.69 Å². The maximum Gasteiger partial charge on any atom is 0.262 e. The van der Waals surface area contributed by atoms with Crippen LogP contribution in [-0.4, -0.2) is 32.2 Å². The molecule has 0 unspecified atom stereocenters. The normalized spacial score (nSPS) is 16.4. The number of anilines is 2. The molecule has 0 spiro atoms. The van der Waals surface area contributed by atoms with Crippen LogP contribution in [0, 0.1) is 0 Å². The summed E-state index contributed by atoms with van der Waals surface area (Å²) in [5.41, 5.74) is 4.43. The number of ether oxygens (including phenoxy) is 1. The highest BCUT2D eigenvalue weighted by Gasteiger charge is 2.42. The molecule has 1 aliphatic rings. The molecule has 40 heavy (non-hydrogen) atoms. The minimum atomic E-state index is -0.239. The number of hydrogen-bond acceptors (Lipinski definition) is 5. The summed E-state index contributed by atoms with van der Waals surface area (Å²) in [5.74, 6) is 0.407. The third-order valence-corrected chi connectivity index (χ3v) is 6.96. The summed E-state index contributed by atoms with van der Waals surface area (Å²) in [7, 11) is 0. The summed E-state index contributed by atoms with van der Waals surface area (Å²) in [4.78, 5) is 23.5. The number of hydrogen-bond donors (Lipinski definition) is 2. The van der Waals surface area contributed by atoms with Gasteiger partial charge < -0.3 is 24.8 Å². The lowest BCUT2D eigenvalue weighted by molar-refractivity contribution is -0.118. The van der Waals surface area contributed by atoms with Crippen LogP contribution >= 0.6 is 12.2 Å². The number of carbonyl (C=O) groups excluding carboxylic acids is 1. The van der Waals surface area contributed by atoms with E-state index >= 15 is 0 Å². The Morgan fingerprint density at radius 1 is 0.900 bits per heavy atom. The van der Waals surface area contributed by atoms with Gasteiger partial charge in [-0.25, -0.2) is 0 Å². The second-order valence-corrected chi connectivity index (χ2v) is 9.59. The highest BCUT2D eigenvalue weighted by atomic mass is 32.1. The van der Waals surface area contributed by atoms with E-state index in [0.29, 0.717) is 16.5 Å². The molecule has 1 fully saturated rings. The summed E-state index contributed by atoms with van der Waals surface area (Å²) in [6.45, 7) is -0.0783. The van der Waals surface area contributed by atoms with Crippen molar-refractivity contribution in [2.75, 3.05) is 16.8 Å². The molecule has 0 saturated carbocycles. The fraction of sp³-hybridized carbons (Fsp3) is 0.0968. The number of pyridine rings is 2. The topological polar surface area (TPSA) is 84.3 Å². The van der Waals surface area contributed by atoms with Gasteiger partial charge in [0, 0.05) is 35.7 Å². The molecule has 2 N–H and O–H groups in total. The third-order valence-electron chi connectivity index (χ3n) is 6.65. The van der Waals surface area contributed by atoms with Gasteiger partial charge in [-0.3, -0.25) is 14.8 Å². The summed E-state index contributed by atoms with van der Waals surface area (Å²) >= 11 is 5.87. The Bertz CT molecular complexity index is 1590. The van der Waals surface area contributed by atoms with Gasteiger partial charge in [0.25, 0.3) is 5.91 Å². The summed E-state index contributed by atoms with van der Waals surface area (Å²) < 4.78 is 7.68. The quantitative estimate of drug-likeness (QED) is 0.250. The monoisotopic (exact) mass is 546 g/mol. The first kappa shape index (κ1) is 25.3. The largest absolute Gasteiger partial charge is 0.484 e. The highest BCUT2D eigenvalue weighted by molar-refractivity contribution is 7.80. The van der Waals surface area contributed by atoms with Crippen molar-refractivity contribution in [1.29, 1.82) is 0 Å². The molecule has 8 nitrogen and oxygen atoms in total. The van der Waals surface area contributed by atoms with Gasteiger partial charge in [0.1, 0.15) is 11.8 Å². The molecule has 1 amide bonds. The maximum atomic E-state index is 12.5. The molecule has 0 bridgehead atoms. The molecular formula is C31H26N6O2S. The Hall–Kier alpha value is -5.02. The van der Waals surface area contributed by atoms with Crippen molar-refractivity contribution in [2.45, 2.75) is 12.1 Å². The zero-order valence-electron chi connectivity index (χ0n) is 21.4. The second-order valence-electron chi connectivity index (χ2n) is 9.21. The SMILES string of the molecule is O=C(COc1ccccc1)Nc1ccc(N2C(=S)N[C@@H](c3ccccn3)[C@H]2c2cccn2-c2cccnc2)cc1. The predicted octanol–water partition coefficient (Wildman–Crippen LogP) is 5.46. The lowest BCUT2D eigenvalue weighted by Crippen LogP contribution is -2.30. The zero-order chi connectivity index (χ0) is 27.3. The van der Waals surface area contributed by atoms with Gasteiger partial charge in [-0.15, -0.1) is 0 Å². The van der Waals surface area contributed by atoms with Crippen LogP contribution < -0.4 is 20.3 Å². The molecule has 2 aromatic carbocycles. The first-order valence-electron chi connectivity index (χ1n) is 12.8. The maximum absolute atomic E-state index is 12.5. The van der Waals surface area contributed by atoms with E-state index in [2.05, 4.69) is 36.1 Å². The van der Waals surface area contributed by atoms with Crippen molar-refractivity contribution in [3.63, 3.8) is 0 Å². The Morgan fingerprint density at radius 3 is 2.48 bits per heavy atom. The molecule has 9 heteroatoms. The lowest BCUT2D eigenvalue weighted by Gasteiger charge is -2.29. The number of thiocarbonyl (C=S) groups is 1. The van der Waals surface area contributed by atoms with Gasteiger partial charge in [0.2, 0.25) is 0 Å². The van der Waals surface area contributed by atoms with E-state index in [-0.39, 0.29) is 24.6 Å². The Morgan fingerprint density at radius 2 is 1.73 bits per heavy atom. The van der Waals surface area contributed by atoms with Crippen molar-refractivity contribution < 1.29 is 9.53 Å². The molecule has 5 aromatic rings. The smallest absolute Gasteiger partial charge is 0.262 e. The van der Waals surface area contributed by atoms with E-state index in [0.717, 1.165) is 22.8 Å². The number of aromatic nitrogens is 3. The van der Waals surface area contributed by atoms with Crippen molar-refractivity contribution in [3.8, 4) is 11.4 Å². The molecule has 4 heterocycles. The predicted molar refractivity (Wildman–Crippen MR) is 159 cm³/mol. The molecular weight excluding hydrogens is 520 g/mol. The average molecular weight is 547 g/mol. The minimum Gasteiger partial charge on any atom is -0.484 e. The number of nitrogens with one attached hydrogen (secondary N) is 2. The van der Waals surface area contributed by atoms with E-state index in [9.17, 15) is 4.79 Å². The highest BCUT2D eigenvalue weighted by Crippen LogP contribution is 2.42. The summed E-state index contributed by atoms with van der Waals surface area (Å²) in [6, 6.07) is 30.4. The molecule has 6 rings (SSSR count). The summed E-state index contributed by atoms with van der Waals surface area (Å²) in [6.07, 6.45) is 7.41. The van der Waals surface area contributed by atoms with Crippen LogP contribution in [0.15, 0.2) is 122 Å². The van der Waals surface area contributed by atoms with E-state index in [4.69, 9.17) is 17.0 Å². The molecule has 3 aromatic heterocycles. The summed E-state index contributed by atoms with van der Waals surface area (Å²) in [5, 5.41) is 6.98. The van der Waals surface area contributed by atoms with E-state index in [1.807, 2.05) is 103 Å². The second kappa shape index (κ2) is 11.4. The van der Waals surface area contributed by atoms with Gasteiger partial charge in [0.15, 0.2) is 11.7 Å². The lowest BCUT2D eigenvalue weighted by atomic mass is 10.0. The third kappa shape index (κ3) is 5.27. The molecule has 198 valence electrons. The van der Waals surface area contributed by atoms with Gasteiger partial charge in [0.05, 0.1) is 23.6 Å². The van der Waals surface area contributed by atoms with Crippen LogP contribution in [0.5, 0.6) is 5.75 Å². The van der Waals surface area contributed by atoms with Gasteiger partial charge in [-0.05, 0) is 85.0 Å². The molecule has 0 aliphatic carbocycles. The van der Waals surface area contributed by atoms with E-state index in [1.165, 1.54) is 0 Å². The fourth-order valence-electron chi connectivity index (χ4n) is 4.87. The number of rotatable bonds is 8. The van der Waals surface area contributed by atoms with Crippen LogP contribution in [0.2, 0.25) is 0 Å². The van der Waals surface area contributed by atoms with E-state index < -0.39 is 0 Å². The molecule has 1 aliphatic heterocycles. The fourth-order valence-corrected chi connectivity index (χ4v) is 5.21. The number of amides is 1. The number of nitrogens with zero attached hydrogens (tertiary/aromatic N) is 4. The molecule has 2 atom stereocenters. The van der Waals surface area contributed by atoms with Gasteiger partial charge >= 0.3 is 0 Å². The van der Waals surface area contributed by atoms with Gasteiger partial charge in [-0.2, -0.15) is 0 Å². The van der Waals surface area contributed by atoms with Crippen molar-refractivity contribution >= 4 is 34.6 Å². The zero-order valence-corrected chi connectivity index (χ0v) is 22.2. The number of carbonyl (C=O) groups is 1. The standard InChI is InChI=1S/C31H26N6O2S/c38-28(21-39-25-9-2-1-3-10-25)34-22-13-15-23(16-14-22)37-30(29(35-31(37)40)26-11-4-5-18-33-26)27-12-7-19-36(27)24-8-6-17-32-20-24/h1-20,29-30H,21H2,(H,34,38)(H,35,40)/t29-,30+/m0/s1. The average Bonchev–Trinajstić information content (AvgIpc) is 3.62. The number of benzene rings is 2. The van der Waals surface area contributed by atoms with Gasteiger partial charge in [-0.1, -0.05) is 24.3 Å². The van der Waals surface area contributed by atoms with Crippen LogP contribution in [0.4, 0.5) is 11.4 Å². The Balaban J connectivity index is 1.27. The van der Waals surface area contributed by atoms with Crippen LogP contribution in [0.3, 0.4) is 0 Å². The van der Waals surface area contributed by atoms with E-state index in [1.54, 1.807) is 12.4 Å². The van der Waals surface area contributed by atoms with Crippen LogP contribution in [0.1, 0.15) is 23.5 Å². The van der Waals surface area contributed by atoms with Crippen molar-refractivity contribution in [1.82, 2.24) is 19.9 Å².